The molecule has 6 nitrogen and oxygen atoms in total. The van der Waals surface area contributed by atoms with Crippen LogP contribution in [-0.2, 0) is 6.18 Å². The van der Waals surface area contributed by atoms with E-state index < -0.39 is 30.1 Å². The van der Waals surface area contributed by atoms with Gasteiger partial charge in [-0.3, -0.25) is 5.32 Å². The van der Waals surface area contributed by atoms with Crippen LogP contribution >= 0.6 is 0 Å². The Kier molecular flexibility index (Phi) is 8.96. The van der Waals surface area contributed by atoms with Gasteiger partial charge in [-0.05, 0) is 67.9 Å². The van der Waals surface area contributed by atoms with E-state index in [0.717, 1.165) is 38.1 Å². The van der Waals surface area contributed by atoms with E-state index in [1.54, 1.807) is 31.4 Å². The van der Waals surface area contributed by atoms with Gasteiger partial charge in [-0.2, -0.15) is 13.2 Å². The molecule has 1 saturated heterocycles. The van der Waals surface area contributed by atoms with Crippen molar-refractivity contribution in [2.24, 2.45) is 0 Å². The minimum absolute atomic E-state index is 0.243. The molecule has 0 aliphatic carbocycles. The first-order valence-corrected chi connectivity index (χ1v) is 11.0. The van der Waals surface area contributed by atoms with Crippen LogP contribution in [0, 0.1) is 0 Å². The summed E-state index contributed by atoms with van der Waals surface area (Å²) in [5, 5.41) is 24.5. The Hall–Kier alpha value is -2.33. The van der Waals surface area contributed by atoms with Crippen LogP contribution in [0.25, 0.3) is 0 Å². The summed E-state index contributed by atoms with van der Waals surface area (Å²) in [5.74, 6) is 1.35. The Bertz CT molecular complexity index is 840. The second-order valence-electron chi connectivity index (χ2n) is 8.17. The van der Waals surface area contributed by atoms with Crippen LogP contribution in [0.5, 0.6) is 11.5 Å². The van der Waals surface area contributed by atoms with Crippen molar-refractivity contribution in [1.29, 1.82) is 0 Å². The number of alkyl halides is 3. The molecule has 9 heteroatoms. The molecule has 1 fully saturated rings. The zero-order chi connectivity index (χ0) is 23.8. The van der Waals surface area contributed by atoms with E-state index in [-0.39, 0.29) is 13.0 Å². The number of halogens is 3. The Morgan fingerprint density at radius 3 is 2.15 bits per heavy atom. The van der Waals surface area contributed by atoms with Crippen LogP contribution in [0.3, 0.4) is 0 Å². The molecule has 0 spiro atoms. The number of hydrogen-bond donors (Lipinski definition) is 3. The Balaban J connectivity index is 1.59. The number of hydrogen-bond acceptors (Lipinski definition) is 6. The lowest BCUT2D eigenvalue weighted by atomic mass is 10.00. The number of nitrogens with one attached hydrogen (secondary N) is 1. The number of aliphatic hydroxyl groups is 2. The SMILES string of the molecule is COc1ccc(OCCC(O)N[C@H](CN2CCCC2)[C@H](O)c2ccc(C(F)(F)F)cc2)cc1. The van der Waals surface area contributed by atoms with Gasteiger partial charge in [0, 0.05) is 13.0 Å². The van der Waals surface area contributed by atoms with Crippen LogP contribution < -0.4 is 14.8 Å². The highest BCUT2D eigenvalue weighted by Gasteiger charge is 2.31. The van der Waals surface area contributed by atoms with Crippen LogP contribution in [-0.4, -0.2) is 60.7 Å². The molecule has 33 heavy (non-hydrogen) atoms. The molecule has 0 saturated carbocycles. The Labute approximate surface area is 191 Å². The van der Waals surface area contributed by atoms with Gasteiger partial charge >= 0.3 is 6.18 Å². The highest BCUT2D eigenvalue weighted by atomic mass is 19.4. The summed E-state index contributed by atoms with van der Waals surface area (Å²) >= 11 is 0. The lowest BCUT2D eigenvalue weighted by Gasteiger charge is -2.31. The lowest BCUT2D eigenvalue weighted by molar-refractivity contribution is -0.137. The average molecular weight is 469 g/mol. The fourth-order valence-electron chi connectivity index (χ4n) is 3.88. The van der Waals surface area contributed by atoms with Crippen molar-refractivity contribution in [2.75, 3.05) is 33.4 Å². The molecule has 1 heterocycles. The number of benzene rings is 2. The molecular weight excluding hydrogens is 437 g/mol. The topological polar surface area (TPSA) is 74.2 Å². The van der Waals surface area contributed by atoms with E-state index in [4.69, 9.17) is 9.47 Å². The Morgan fingerprint density at radius 1 is 0.970 bits per heavy atom. The zero-order valence-corrected chi connectivity index (χ0v) is 18.6. The molecule has 3 atom stereocenters. The third-order valence-electron chi connectivity index (χ3n) is 5.74. The minimum Gasteiger partial charge on any atom is -0.497 e. The molecule has 182 valence electrons. The van der Waals surface area contributed by atoms with Gasteiger partial charge in [-0.25, -0.2) is 0 Å². The van der Waals surface area contributed by atoms with Gasteiger partial charge < -0.3 is 24.6 Å². The molecule has 0 radical (unpaired) electrons. The molecule has 1 aliphatic heterocycles. The third kappa shape index (κ3) is 7.60. The first kappa shape index (κ1) is 25.3. The van der Waals surface area contributed by atoms with E-state index in [1.807, 2.05) is 0 Å². The van der Waals surface area contributed by atoms with Crippen molar-refractivity contribution in [3.8, 4) is 11.5 Å². The molecule has 3 rings (SSSR count). The number of ether oxygens (including phenoxy) is 2. The number of aliphatic hydroxyl groups excluding tert-OH is 2. The summed E-state index contributed by atoms with van der Waals surface area (Å²) in [4.78, 5) is 2.17. The van der Waals surface area contributed by atoms with Crippen molar-refractivity contribution < 1.29 is 32.9 Å². The van der Waals surface area contributed by atoms with Crippen LogP contribution in [0.2, 0.25) is 0 Å². The maximum atomic E-state index is 12.9. The van der Waals surface area contributed by atoms with E-state index >= 15 is 0 Å². The first-order valence-electron chi connectivity index (χ1n) is 11.0. The van der Waals surface area contributed by atoms with E-state index in [9.17, 15) is 23.4 Å². The Morgan fingerprint density at radius 2 is 1.58 bits per heavy atom. The molecule has 3 N–H and O–H groups in total. The quantitative estimate of drug-likeness (QED) is 0.438. The molecule has 0 aromatic heterocycles. The summed E-state index contributed by atoms with van der Waals surface area (Å²) in [7, 11) is 1.58. The van der Waals surface area contributed by atoms with Gasteiger partial charge in [0.2, 0.25) is 0 Å². The van der Waals surface area contributed by atoms with Crippen LogP contribution in [0.4, 0.5) is 13.2 Å². The molecule has 1 aliphatic rings. The standard InChI is InChI=1S/C24H31F3N2O4/c1-32-19-8-10-20(11-9-19)33-15-12-22(30)28-21(16-29-13-2-3-14-29)23(31)17-4-6-18(7-5-17)24(25,26)27/h4-11,21-23,28,30-31H,2-3,12-16H2,1H3/t21-,22?,23-/m1/s1. The molecule has 1 unspecified atom stereocenters. The summed E-state index contributed by atoms with van der Waals surface area (Å²) in [6, 6.07) is 11.0. The van der Waals surface area contributed by atoms with E-state index in [2.05, 4.69) is 10.2 Å². The largest absolute Gasteiger partial charge is 0.497 e. The number of rotatable bonds is 11. The third-order valence-corrected chi connectivity index (χ3v) is 5.74. The van der Waals surface area contributed by atoms with Crippen molar-refractivity contribution in [3.05, 3.63) is 59.7 Å². The number of likely N-dealkylation sites (tertiary alicyclic amines) is 1. The van der Waals surface area contributed by atoms with Gasteiger partial charge in [0.05, 0.1) is 31.4 Å². The highest BCUT2D eigenvalue weighted by Crippen LogP contribution is 2.30. The minimum atomic E-state index is -4.43. The summed E-state index contributed by atoms with van der Waals surface area (Å²) < 4.78 is 49.4. The van der Waals surface area contributed by atoms with Crippen LogP contribution in [0.1, 0.15) is 36.5 Å². The highest BCUT2D eigenvalue weighted by molar-refractivity contribution is 5.31. The second-order valence-corrected chi connectivity index (χ2v) is 8.17. The van der Waals surface area contributed by atoms with Crippen molar-refractivity contribution in [1.82, 2.24) is 10.2 Å². The van der Waals surface area contributed by atoms with Gasteiger partial charge in [0.15, 0.2) is 0 Å². The monoisotopic (exact) mass is 468 g/mol. The number of methoxy groups -OCH3 is 1. The maximum Gasteiger partial charge on any atom is 0.416 e. The predicted octanol–water partition coefficient (Wildman–Crippen LogP) is 3.59. The predicted molar refractivity (Wildman–Crippen MR) is 118 cm³/mol. The normalized spacial score (nSPS) is 17.5. The fraction of sp³-hybridized carbons (Fsp3) is 0.500. The zero-order valence-electron chi connectivity index (χ0n) is 18.6. The van der Waals surface area contributed by atoms with Crippen LogP contribution in [0.15, 0.2) is 48.5 Å². The maximum absolute atomic E-state index is 12.9. The van der Waals surface area contributed by atoms with Gasteiger partial charge in [-0.15, -0.1) is 0 Å². The smallest absolute Gasteiger partial charge is 0.416 e. The van der Waals surface area contributed by atoms with Crippen molar-refractivity contribution in [3.63, 3.8) is 0 Å². The fourth-order valence-corrected chi connectivity index (χ4v) is 3.88. The summed E-state index contributed by atoms with van der Waals surface area (Å²) in [6.45, 7) is 2.48. The van der Waals surface area contributed by atoms with E-state index in [1.165, 1.54) is 12.1 Å². The average Bonchev–Trinajstić information content (AvgIpc) is 3.31. The summed E-state index contributed by atoms with van der Waals surface area (Å²) in [6.07, 6.45) is -4.09. The van der Waals surface area contributed by atoms with E-state index in [0.29, 0.717) is 23.6 Å². The molecule has 2 aromatic rings. The van der Waals surface area contributed by atoms with Gasteiger partial charge in [-0.1, -0.05) is 12.1 Å². The summed E-state index contributed by atoms with van der Waals surface area (Å²) in [5.41, 5.74) is -0.403. The molecule has 2 aromatic carbocycles. The number of nitrogens with zero attached hydrogens (tertiary/aromatic N) is 1. The van der Waals surface area contributed by atoms with Gasteiger partial charge in [0.25, 0.3) is 0 Å². The molecular formula is C24H31F3N2O4. The molecule has 0 bridgehead atoms. The second kappa shape index (κ2) is 11.7. The molecule has 0 amide bonds. The van der Waals surface area contributed by atoms with Crippen molar-refractivity contribution in [2.45, 2.75) is 43.8 Å². The van der Waals surface area contributed by atoms with Gasteiger partial charge in [0.1, 0.15) is 17.7 Å². The van der Waals surface area contributed by atoms with Crippen molar-refractivity contribution >= 4 is 0 Å². The lowest BCUT2D eigenvalue weighted by Crippen LogP contribution is -2.48. The first-order chi connectivity index (χ1) is 15.8.